The first-order valence-electron chi connectivity index (χ1n) is 12.6. The molecular formula is C30H38N2O. The fourth-order valence-corrected chi connectivity index (χ4v) is 4.70. The van der Waals surface area contributed by atoms with E-state index in [-0.39, 0.29) is 6.10 Å². The summed E-state index contributed by atoms with van der Waals surface area (Å²) in [6, 6.07) is 20.3. The fraction of sp³-hybridized carbons (Fsp3) is 0.433. The topological polar surface area (TPSA) is 25.4 Å². The van der Waals surface area contributed by atoms with E-state index in [9.17, 15) is 0 Å². The number of pyridine rings is 1. The molecule has 1 saturated carbocycles. The van der Waals surface area contributed by atoms with Crippen molar-refractivity contribution >= 4 is 0 Å². The average Bonchev–Trinajstić information content (AvgIpc) is 3.65. The molecule has 0 unspecified atom stereocenters. The maximum absolute atomic E-state index is 6.42. The van der Waals surface area contributed by atoms with Gasteiger partial charge >= 0.3 is 0 Å². The quantitative estimate of drug-likeness (QED) is 0.334. The van der Waals surface area contributed by atoms with Crippen molar-refractivity contribution in [2.75, 3.05) is 0 Å². The number of nitrogens with zero attached hydrogens (tertiary/aromatic N) is 2. The average molecular weight is 443 g/mol. The smallest absolute Gasteiger partial charge is 0.128 e. The Kier molecular flexibility index (Phi) is 7.49. The Morgan fingerprint density at radius 3 is 2.18 bits per heavy atom. The standard InChI is InChI=1S/C30H38N2O/c1-6-24-14-11-15-25(7-2)30(24)28-18-29(33-21(3)4)27(22(5)31-28)20-32(26-16-17-26)19-23-12-9-8-10-13-23/h8-15,18,21,26H,6-7,16-17,19-20H2,1-5H3. The molecule has 3 aromatic rings. The zero-order chi connectivity index (χ0) is 23.4. The first-order chi connectivity index (χ1) is 16.0. The van der Waals surface area contributed by atoms with Crippen LogP contribution in [0.5, 0.6) is 5.75 Å². The Balaban J connectivity index is 1.73. The van der Waals surface area contributed by atoms with Crippen LogP contribution < -0.4 is 4.74 Å². The van der Waals surface area contributed by atoms with Crippen LogP contribution in [0.3, 0.4) is 0 Å². The summed E-state index contributed by atoms with van der Waals surface area (Å²) in [5.41, 5.74) is 8.71. The van der Waals surface area contributed by atoms with Crippen molar-refractivity contribution < 1.29 is 4.74 Å². The molecule has 4 rings (SSSR count). The molecule has 1 aliphatic carbocycles. The van der Waals surface area contributed by atoms with Gasteiger partial charge in [0.15, 0.2) is 0 Å². The molecule has 0 radical (unpaired) electrons. The summed E-state index contributed by atoms with van der Waals surface area (Å²) in [6.45, 7) is 12.7. The summed E-state index contributed by atoms with van der Waals surface area (Å²) in [6.07, 6.45) is 4.68. The van der Waals surface area contributed by atoms with Crippen LogP contribution in [0, 0.1) is 6.92 Å². The molecule has 0 atom stereocenters. The van der Waals surface area contributed by atoms with Gasteiger partial charge in [-0.25, -0.2) is 0 Å². The number of benzene rings is 2. The molecule has 3 nitrogen and oxygen atoms in total. The number of rotatable bonds is 10. The van der Waals surface area contributed by atoms with E-state index in [1.807, 2.05) is 0 Å². The van der Waals surface area contributed by atoms with Gasteiger partial charge in [-0.05, 0) is 63.1 Å². The van der Waals surface area contributed by atoms with Crippen molar-refractivity contribution in [3.05, 3.63) is 82.5 Å². The van der Waals surface area contributed by atoms with Crippen molar-refractivity contribution in [3.63, 3.8) is 0 Å². The fourth-order valence-electron chi connectivity index (χ4n) is 4.70. The normalized spacial score (nSPS) is 13.7. The van der Waals surface area contributed by atoms with Crippen LogP contribution in [0.4, 0.5) is 0 Å². The molecule has 3 heteroatoms. The van der Waals surface area contributed by atoms with Crippen LogP contribution >= 0.6 is 0 Å². The van der Waals surface area contributed by atoms with Crippen LogP contribution in [-0.4, -0.2) is 22.0 Å². The minimum absolute atomic E-state index is 0.119. The summed E-state index contributed by atoms with van der Waals surface area (Å²) in [4.78, 5) is 7.76. The summed E-state index contributed by atoms with van der Waals surface area (Å²) >= 11 is 0. The minimum atomic E-state index is 0.119. The van der Waals surface area contributed by atoms with E-state index in [0.717, 1.165) is 43.1 Å². The summed E-state index contributed by atoms with van der Waals surface area (Å²) in [5.74, 6) is 0.985. The van der Waals surface area contributed by atoms with Crippen LogP contribution in [0.2, 0.25) is 0 Å². The second-order valence-electron chi connectivity index (χ2n) is 9.52. The Morgan fingerprint density at radius 1 is 0.939 bits per heavy atom. The molecule has 2 aromatic carbocycles. The minimum Gasteiger partial charge on any atom is -0.491 e. The van der Waals surface area contributed by atoms with Crippen LogP contribution in [0.1, 0.15) is 68.5 Å². The highest BCUT2D eigenvalue weighted by Gasteiger charge is 2.30. The van der Waals surface area contributed by atoms with E-state index >= 15 is 0 Å². The maximum Gasteiger partial charge on any atom is 0.128 e. The zero-order valence-corrected chi connectivity index (χ0v) is 20.9. The zero-order valence-electron chi connectivity index (χ0n) is 20.9. The highest BCUT2D eigenvalue weighted by molar-refractivity contribution is 5.70. The second-order valence-corrected chi connectivity index (χ2v) is 9.52. The van der Waals surface area contributed by atoms with Crippen LogP contribution in [0.15, 0.2) is 54.6 Å². The molecule has 0 N–H and O–H groups in total. The van der Waals surface area contributed by atoms with E-state index in [1.165, 1.54) is 40.7 Å². The highest BCUT2D eigenvalue weighted by Crippen LogP contribution is 2.36. The molecule has 33 heavy (non-hydrogen) atoms. The van der Waals surface area contributed by atoms with Crippen molar-refractivity contribution in [2.45, 2.75) is 85.5 Å². The lowest BCUT2D eigenvalue weighted by Crippen LogP contribution is -2.26. The number of aromatic nitrogens is 1. The third kappa shape index (κ3) is 5.65. The predicted octanol–water partition coefficient (Wildman–Crippen LogP) is 7.13. The summed E-state index contributed by atoms with van der Waals surface area (Å²) < 4.78 is 6.42. The molecule has 0 saturated heterocycles. The van der Waals surface area contributed by atoms with Gasteiger partial charge in [0.25, 0.3) is 0 Å². The van der Waals surface area contributed by atoms with Gasteiger partial charge in [-0.1, -0.05) is 62.4 Å². The Bertz CT molecular complexity index is 1050. The van der Waals surface area contributed by atoms with Gasteiger partial charge < -0.3 is 4.74 Å². The summed E-state index contributed by atoms with van der Waals surface area (Å²) in [5, 5.41) is 0. The van der Waals surface area contributed by atoms with Gasteiger partial charge in [-0.2, -0.15) is 0 Å². The van der Waals surface area contributed by atoms with E-state index in [4.69, 9.17) is 9.72 Å². The van der Waals surface area contributed by atoms with Gasteiger partial charge in [-0.3, -0.25) is 9.88 Å². The Labute approximate surface area is 199 Å². The molecule has 174 valence electrons. The van der Waals surface area contributed by atoms with E-state index in [1.54, 1.807) is 0 Å². The first kappa shape index (κ1) is 23.5. The number of hydrogen-bond acceptors (Lipinski definition) is 3. The Hall–Kier alpha value is -2.65. The molecule has 1 aliphatic rings. The van der Waals surface area contributed by atoms with Crippen molar-refractivity contribution in [1.29, 1.82) is 0 Å². The predicted molar refractivity (Wildman–Crippen MR) is 138 cm³/mol. The van der Waals surface area contributed by atoms with Crippen LogP contribution in [0.25, 0.3) is 11.3 Å². The number of ether oxygens (including phenoxy) is 1. The molecule has 1 aromatic heterocycles. The lowest BCUT2D eigenvalue weighted by molar-refractivity contribution is 0.218. The van der Waals surface area contributed by atoms with Gasteiger partial charge in [0.2, 0.25) is 0 Å². The van der Waals surface area contributed by atoms with Crippen molar-refractivity contribution in [1.82, 2.24) is 9.88 Å². The SMILES string of the molecule is CCc1cccc(CC)c1-c1cc(OC(C)C)c(CN(Cc2ccccc2)C2CC2)c(C)n1. The number of hydrogen-bond donors (Lipinski definition) is 0. The summed E-state index contributed by atoms with van der Waals surface area (Å²) in [7, 11) is 0. The molecular weight excluding hydrogens is 404 g/mol. The van der Waals surface area contributed by atoms with E-state index in [2.05, 4.69) is 94.1 Å². The molecule has 1 fully saturated rings. The lowest BCUT2D eigenvalue weighted by atomic mass is 9.94. The Morgan fingerprint density at radius 2 is 1.61 bits per heavy atom. The molecule has 0 spiro atoms. The molecule has 0 amide bonds. The first-order valence-corrected chi connectivity index (χ1v) is 12.6. The third-order valence-corrected chi connectivity index (χ3v) is 6.56. The van der Waals surface area contributed by atoms with E-state index in [0.29, 0.717) is 6.04 Å². The lowest BCUT2D eigenvalue weighted by Gasteiger charge is -2.26. The monoisotopic (exact) mass is 442 g/mol. The maximum atomic E-state index is 6.42. The van der Waals surface area contributed by atoms with Gasteiger partial charge in [0.1, 0.15) is 5.75 Å². The van der Waals surface area contributed by atoms with Gasteiger partial charge in [0.05, 0.1) is 11.8 Å². The van der Waals surface area contributed by atoms with Crippen LogP contribution in [-0.2, 0) is 25.9 Å². The van der Waals surface area contributed by atoms with Gasteiger partial charge in [0, 0.05) is 42.0 Å². The van der Waals surface area contributed by atoms with Crippen molar-refractivity contribution in [3.8, 4) is 17.0 Å². The highest BCUT2D eigenvalue weighted by atomic mass is 16.5. The molecule has 0 bridgehead atoms. The molecule has 0 aliphatic heterocycles. The van der Waals surface area contributed by atoms with E-state index < -0.39 is 0 Å². The van der Waals surface area contributed by atoms with Crippen molar-refractivity contribution in [2.24, 2.45) is 0 Å². The third-order valence-electron chi connectivity index (χ3n) is 6.56. The second kappa shape index (κ2) is 10.5. The largest absolute Gasteiger partial charge is 0.491 e. The molecule has 1 heterocycles. The van der Waals surface area contributed by atoms with Gasteiger partial charge in [-0.15, -0.1) is 0 Å². The number of aryl methyl sites for hydroxylation is 3.